The summed E-state index contributed by atoms with van der Waals surface area (Å²) in [5.41, 5.74) is -0.372. The first-order valence-electron chi connectivity index (χ1n) is 4.09. The first-order valence-corrected chi connectivity index (χ1v) is 4.09. The summed E-state index contributed by atoms with van der Waals surface area (Å²) in [6.45, 7) is 9.48. The first-order chi connectivity index (χ1) is 4.88. The van der Waals surface area contributed by atoms with E-state index >= 15 is 0 Å². The Bertz CT molecular complexity index is 133. The maximum atomic E-state index is 11.2. The van der Waals surface area contributed by atoms with Gasteiger partial charge in [0.2, 0.25) is 0 Å². The van der Waals surface area contributed by atoms with E-state index in [1.54, 1.807) is 0 Å². The Morgan fingerprint density at radius 2 is 1.91 bits per heavy atom. The smallest absolute Gasteiger partial charge is 0.311 e. The van der Waals surface area contributed by atoms with Gasteiger partial charge in [0, 0.05) is 0 Å². The fourth-order valence-electron chi connectivity index (χ4n) is 0.443. The first kappa shape index (κ1) is 10.5. The summed E-state index contributed by atoms with van der Waals surface area (Å²) >= 11 is 0. The third-order valence-electron chi connectivity index (χ3n) is 1.50. The van der Waals surface area contributed by atoms with Crippen LogP contribution in [-0.4, -0.2) is 12.1 Å². The van der Waals surface area contributed by atoms with E-state index in [0.717, 1.165) is 6.42 Å². The molecule has 0 radical (unpaired) electrons. The summed E-state index contributed by atoms with van der Waals surface area (Å²) in [5, 5.41) is 0. The summed E-state index contributed by atoms with van der Waals surface area (Å²) in [4.78, 5) is 11.2. The Morgan fingerprint density at radius 3 is 2.18 bits per heavy atom. The summed E-state index contributed by atoms with van der Waals surface area (Å²) in [6.07, 6.45) is 0.920. The van der Waals surface area contributed by atoms with Crippen molar-refractivity contribution in [1.29, 1.82) is 0 Å². The van der Waals surface area contributed by atoms with Gasteiger partial charge in [-0.15, -0.1) is 0 Å². The van der Waals surface area contributed by atoms with E-state index in [0.29, 0.717) is 0 Å². The van der Waals surface area contributed by atoms with Crippen molar-refractivity contribution in [2.75, 3.05) is 0 Å². The van der Waals surface area contributed by atoms with Crippen molar-refractivity contribution in [1.82, 2.24) is 0 Å². The molecule has 0 amide bonds. The van der Waals surface area contributed by atoms with Gasteiger partial charge in [0.05, 0.1) is 11.5 Å². The number of esters is 1. The summed E-state index contributed by atoms with van der Waals surface area (Å²) in [6, 6.07) is 0. The normalized spacial score (nSPS) is 14.3. The third-order valence-corrected chi connectivity index (χ3v) is 1.50. The molecule has 2 heteroatoms. The molecule has 1 atom stereocenters. The molecular weight excluding hydrogens is 140 g/mol. The van der Waals surface area contributed by atoms with Gasteiger partial charge in [-0.05, 0) is 34.1 Å². The molecule has 0 aromatic rings. The monoisotopic (exact) mass is 158 g/mol. The van der Waals surface area contributed by atoms with Crippen LogP contribution in [0.25, 0.3) is 0 Å². The van der Waals surface area contributed by atoms with Gasteiger partial charge in [-0.25, -0.2) is 0 Å². The van der Waals surface area contributed by atoms with Crippen molar-refractivity contribution in [3.8, 4) is 0 Å². The van der Waals surface area contributed by atoms with Crippen LogP contribution in [0, 0.1) is 5.41 Å². The maximum Gasteiger partial charge on any atom is 0.311 e. The molecule has 0 rings (SSSR count). The second-order valence-corrected chi connectivity index (χ2v) is 3.87. The second kappa shape index (κ2) is 3.74. The Balaban J connectivity index is 3.88. The van der Waals surface area contributed by atoms with Gasteiger partial charge in [0.25, 0.3) is 0 Å². The highest BCUT2D eigenvalue weighted by Crippen LogP contribution is 2.16. The lowest BCUT2D eigenvalue weighted by molar-refractivity contribution is -0.157. The molecule has 0 fully saturated rings. The molecule has 11 heavy (non-hydrogen) atoms. The van der Waals surface area contributed by atoms with Crippen molar-refractivity contribution in [3.05, 3.63) is 0 Å². The highest BCUT2D eigenvalue weighted by molar-refractivity contribution is 5.75. The molecule has 0 saturated carbocycles. The Kier molecular flexibility index (Phi) is 3.56. The SMILES string of the molecule is CC[C@@H](C)OC(=O)C(C)(C)C. The summed E-state index contributed by atoms with van der Waals surface area (Å²) in [5.74, 6) is -0.119. The van der Waals surface area contributed by atoms with Crippen LogP contribution in [0.2, 0.25) is 0 Å². The molecule has 2 nitrogen and oxygen atoms in total. The van der Waals surface area contributed by atoms with Crippen molar-refractivity contribution in [2.24, 2.45) is 5.41 Å². The predicted octanol–water partition coefficient (Wildman–Crippen LogP) is 2.37. The molecule has 0 N–H and O–H groups in total. The molecule has 0 aliphatic heterocycles. The molecule has 0 spiro atoms. The Labute approximate surface area is 68.9 Å². The molecule has 0 bridgehead atoms. The quantitative estimate of drug-likeness (QED) is 0.577. The molecule has 0 aliphatic carbocycles. The van der Waals surface area contributed by atoms with E-state index in [1.165, 1.54) is 0 Å². The number of carbonyl (C=O) groups excluding carboxylic acids is 1. The van der Waals surface area contributed by atoms with Gasteiger partial charge in [0.1, 0.15) is 0 Å². The zero-order chi connectivity index (χ0) is 9.07. The number of rotatable bonds is 2. The molecule has 0 unspecified atom stereocenters. The van der Waals surface area contributed by atoms with E-state index in [9.17, 15) is 4.79 Å². The van der Waals surface area contributed by atoms with Crippen LogP contribution in [0.4, 0.5) is 0 Å². The molecular formula is C9H18O2. The molecule has 0 heterocycles. The van der Waals surface area contributed by atoms with Gasteiger partial charge < -0.3 is 4.74 Å². The zero-order valence-electron chi connectivity index (χ0n) is 8.10. The predicted molar refractivity (Wildman–Crippen MR) is 45.3 cm³/mol. The summed E-state index contributed by atoms with van der Waals surface area (Å²) in [7, 11) is 0. The second-order valence-electron chi connectivity index (χ2n) is 3.87. The van der Waals surface area contributed by atoms with Crippen LogP contribution in [0.1, 0.15) is 41.0 Å². The van der Waals surface area contributed by atoms with Gasteiger partial charge in [-0.2, -0.15) is 0 Å². The average molecular weight is 158 g/mol. The van der Waals surface area contributed by atoms with Gasteiger partial charge in [0.15, 0.2) is 0 Å². The fourth-order valence-corrected chi connectivity index (χ4v) is 0.443. The number of hydrogen-bond acceptors (Lipinski definition) is 2. The molecule has 0 aromatic heterocycles. The van der Waals surface area contributed by atoms with Gasteiger partial charge >= 0.3 is 5.97 Å². The Morgan fingerprint density at radius 1 is 1.45 bits per heavy atom. The largest absolute Gasteiger partial charge is 0.462 e. The molecule has 0 aromatic carbocycles. The number of ether oxygens (including phenoxy) is 1. The summed E-state index contributed by atoms with van der Waals surface area (Å²) < 4.78 is 5.12. The zero-order valence-corrected chi connectivity index (χ0v) is 8.10. The van der Waals surface area contributed by atoms with Crippen LogP contribution >= 0.6 is 0 Å². The minimum Gasteiger partial charge on any atom is -0.462 e. The van der Waals surface area contributed by atoms with Gasteiger partial charge in [-0.3, -0.25) is 4.79 Å². The van der Waals surface area contributed by atoms with Crippen molar-refractivity contribution in [2.45, 2.75) is 47.1 Å². The highest BCUT2D eigenvalue weighted by atomic mass is 16.5. The van der Waals surface area contributed by atoms with E-state index in [4.69, 9.17) is 4.74 Å². The van der Waals surface area contributed by atoms with E-state index in [-0.39, 0.29) is 17.5 Å². The highest BCUT2D eigenvalue weighted by Gasteiger charge is 2.24. The van der Waals surface area contributed by atoms with E-state index < -0.39 is 0 Å². The standard InChI is InChI=1S/C9H18O2/c1-6-7(2)11-8(10)9(3,4)5/h7H,6H2,1-5H3/t7-/m1/s1. The minimum absolute atomic E-state index is 0.0433. The maximum absolute atomic E-state index is 11.2. The van der Waals surface area contributed by atoms with Crippen LogP contribution in [0.3, 0.4) is 0 Å². The topological polar surface area (TPSA) is 26.3 Å². The minimum atomic E-state index is -0.372. The Hall–Kier alpha value is -0.530. The van der Waals surface area contributed by atoms with Crippen molar-refractivity contribution < 1.29 is 9.53 Å². The number of hydrogen-bond donors (Lipinski definition) is 0. The average Bonchev–Trinajstić information content (AvgIpc) is 1.85. The van der Waals surface area contributed by atoms with E-state index in [1.807, 2.05) is 34.6 Å². The van der Waals surface area contributed by atoms with E-state index in [2.05, 4.69) is 0 Å². The lowest BCUT2D eigenvalue weighted by Gasteiger charge is -2.19. The lowest BCUT2D eigenvalue weighted by Crippen LogP contribution is -2.26. The van der Waals surface area contributed by atoms with Gasteiger partial charge in [-0.1, -0.05) is 6.92 Å². The van der Waals surface area contributed by atoms with Crippen molar-refractivity contribution >= 4 is 5.97 Å². The number of carbonyl (C=O) groups is 1. The van der Waals surface area contributed by atoms with Crippen LogP contribution in [0.15, 0.2) is 0 Å². The molecule has 0 aliphatic rings. The lowest BCUT2D eigenvalue weighted by atomic mass is 9.97. The molecule has 66 valence electrons. The van der Waals surface area contributed by atoms with Crippen LogP contribution < -0.4 is 0 Å². The fraction of sp³-hybridized carbons (Fsp3) is 0.889. The van der Waals surface area contributed by atoms with Crippen molar-refractivity contribution in [3.63, 3.8) is 0 Å². The van der Waals surface area contributed by atoms with Crippen LogP contribution in [0.5, 0.6) is 0 Å². The van der Waals surface area contributed by atoms with Crippen LogP contribution in [-0.2, 0) is 9.53 Å². The third kappa shape index (κ3) is 4.02. The molecule has 0 saturated heterocycles.